The van der Waals surface area contributed by atoms with Gasteiger partial charge in [-0.05, 0) is 37.9 Å². The van der Waals surface area contributed by atoms with Crippen LogP contribution < -0.4 is 10.6 Å². The molecular weight excluding hydrogens is 406 g/mol. The topological polar surface area (TPSA) is 39.7 Å². The number of likely N-dealkylation sites (tertiary alicyclic amines) is 1. The van der Waals surface area contributed by atoms with Crippen LogP contribution in [-0.4, -0.2) is 44.1 Å². The molecule has 1 heterocycles. The van der Waals surface area contributed by atoms with E-state index < -0.39 is 0 Å². The molecule has 1 aromatic rings. The Hall–Kier alpha value is -0.890. The van der Waals surface area contributed by atoms with Gasteiger partial charge >= 0.3 is 0 Å². The summed E-state index contributed by atoms with van der Waals surface area (Å²) in [6.07, 6.45) is 2.45. The molecule has 1 aromatic carbocycles. The first kappa shape index (κ1) is 20.2. The van der Waals surface area contributed by atoms with E-state index in [1.54, 1.807) is 19.2 Å². The molecule has 1 aliphatic heterocycles. The van der Waals surface area contributed by atoms with E-state index >= 15 is 0 Å². The monoisotopic (exact) mass is 434 g/mol. The van der Waals surface area contributed by atoms with Crippen LogP contribution in [-0.2, 0) is 6.54 Å². The van der Waals surface area contributed by atoms with Gasteiger partial charge in [-0.3, -0.25) is 4.99 Å². The van der Waals surface area contributed by atoms with Crippen molar-refractivity contribution in [1.29, 1.82) is 0 Å². The van der Waals surface area contributed by atoms with E-state index in [9.17, 15) is 4.39 Å². The molecule has 0 saturated carbocycles. The van der Waals surface area contributed by atoms with Gasteiger partial charge in [0.2, 0.25) is 0 Å². The summed E-state index contributed by atoms with van der Waals surface area (Å²) in [4.78, 5) is 6.72. The average molecular weight is 434 g/mol. The molecule has 0 aromatic heterocycles. The largest absolute Gasteiger partial charge is 0.356 e. The lowest BCUT2D eigenvalue weighted by molar-refractivity contribution is 0.324. The van der Waals surface area contributed by atoms with E-state index in [1.807, 2.05) is 6.07 Å². The Bertz CT molecular complexity index is 495. The summed E-state index contributed by atoms with van der Waals surface area (Å²) in [5, 5.41) is 6.53. The number of benzene rings is 1. The Morgan fingerprint density at radius 2 is 2.13 bits per heavy atom. The molecule has 1 unspecified atom stereocenters. The second-order valence-corrected chi connectivity index (χ2v) is 5.85. The van der Waals surface area contributed by atoms with Crippen molar-refractivity contribution in [1.82, 2.24) is 15.5 Å². The summed E-state index contributed by atoms with van der Waals surface area (Å²) in [5.74, 6) is 1.22. The predicted molar refractivity (Wildman–Crippen MR) is 105 cm³/mol. The fourth-order valence-corrected chi connectivity index (χ4v) is 2.88. The summed E-state index contributed by atoms with van der Waals surface area (Å²) >= 11 is 0. The van der Waals surface area contributed by atoms with Crippen molar-refractivity contribution < 1.29 is 4.39 Å². The first-order valence-electron chi connectivity index (χ1n) is 8.13. The summed E-state index contributed by atoms with van der Waals surface area (Å²) < 4.78 is 13.6. The minimum absolute atomic E-state index is 0. The average Bonchev–Trinajstić information content (AvgIpc) is 2.97. The fourth-order valence-electron chi connectivity index (χ4n) is 2.88. The van der Waals surface area contributed by atoms with Crippen molar-refractivity contribution >= 4 is 29.9 Å². The van der Waals surface area contributed by atoms with Gasteiger partial charge in [-0.25, -0.2) is 4.39 Å². The highest BCUT2D eigenvalue weighted by Crippen LogP contribution is 2.15. The van der Waals surface area contributed by atoms with Crippen LogP contribution in [0.5, 0.6) is 0 Å². The number of hydrogen-bond acceptors (Lipinski definition) is 2. The Morgan fingerprint density at radius 3 is 2.83 bits per heavy atom. The highest BCUT2D eigenvalue weighted by Gasteiger charge is 2.21. The molecule has 1 atom stereocenters. The van der Waals surface area contributed by atoms with Gasteiger partial charge in [-0.2, -0.15) is 0 Å². The number of nitrogens with one attached hydrogen (secondary N) is 2. The van der Waals surface area contributed by atoms with Crippen LogP contribution in [0.4, 0.5) is 4.39 Å². The van der Waals surface area contributed by atoms with Gasteiger partial charge in [0.05, 0.1) is 0 Å². The molecule has 2 N–H and O–H groups in total. The van der Waals surface area contributed by atoms with Gasteiger partial charge in [-0.15, -0.1) is 24.0 Å². The number of halogens is 2. The minimum Gasteiger partial charge on any atom is -0.356 e. The van der Waals surface area contributed by atoms with Crippen molar-refractivity contribution in [2.24, 2.45) is 10.9 Å². The molecule has 6 heteroatoms. The van der Waals surface area contributed by atoms with E-state index in [-0.39, 0.29) is 29.8 Å². The maximum absolute atomic E-state index is 13.6. The molecule has 4 nitrogen and oxygen atoms in total. The van der Waals surface area contributed by atoms with Crippen LogP contribution >= 0.6 is 24.0 Å². The molecule has 0 amide bonds. The van der Waals surface area contributed by atoms with E-state index in [0.717, 1.165) is 19.0 Å². The molecule has 0 bridgehead atoms. The minimum atomic E-state index is -0.184. The summed E-state index contributed by atoms with van der Waals surface area (Å²) in [6.45, 7) is 7.12. The molecule has 1 saturated heterocycles. The predicted octanol–water partition coefficient (Wildman–Crippen LogP) is 2.84. The second-order valence-electron chi connectivity index (χ2n) is 5.85. The zero-order valence-electron chi connectivity index (χ0n) is 14.0. The molecule has 1 fully saturated rings. The standard InChI is InChI=1S/C17H27FN4.HI/c1-3-9-22-10-8-14(13-22)11-20-17(19-2)21-12-15-6-4-5-7-16(15)18;/h4-7,14H,3,8-13H2,1-2H3,(H2,19,20,21);1H. The molecule has 0 radical (unpaired) electrons. The Labute approximate surface area is 156 Å². The highest BCUT2D eigenvalue weighted by atomic mass is 127. The highest BCUT2D eigenvalue weighted by molar-refractivity contribution is 14.0. The number of rotatable bonds is 6. The summed E-state index contributed by atoms with van der Waals surface area (Å²) in [6, 6.07) is 6.81. The van der Waals surface area contributed by atoms with Crippen molar-refractivity contribution in [2.45, 2.75) is 26.3 Å². The lowest BCUT2D eigenvalue weighted by Gasteiger charge is -2.17. The maximum Gasteiger partial charge on any atom is 0.191 e. The van der Waals surface area contributed by atoms with Crippen LogP contribution in [0.1, 0.15) is 25.3 Å². The molecule has 2 rings (SSSR count). The molecule has 0 spiro atoms. The Morgan fingerprint density at radius 1 is 1.35 bits per heavy atom. The zero-order valence-corrected chi connectivity index (χ0v) is 16.3. The SMILES string of the molecule is CCCN1CCC(CNC(=NC)NCc2ccccc2F)C1.I. The molecule has 130 valence electrons. The quantitative estimate of drug-likeness (QED) is 0.411. The fraction of sp³-hybridized carbons (Fsp3) is 0.588. The van der Waals surface area contributed by atoms with Crippen LogP contribution in [0, 0.1) is 11.7 Å². The molecular formula is C17H28FIN4. The number of nitrogens with zero attached hydrogens (tertiary/aromatic N) is 2. The van der Waals surface area contributed by atoms with Crippen molar-refractivity contribution in [3.8, 4) is 0 Å². The van der Waals surface area contributed by atoms with Crippen LogP contribution in [0.3, 0.4) is 0 Å². The maximum atomic E-state index is 13.6. The third-order valence-electron chi connectivity index (χ3n) is 4.10. The first-order chi connectivity index (χ1) is 10.7. The lowest BCUT2D eigenvalue weighted by Crippen LogP contribution is -2.40. The smallest absolute Gasteiger partial charge is 0.191 e. The number of hydrogen-bond donors (Lipinski definition) is 2. The second kappa shape index (κ2) is 10.8. The van der Waals surface area contributed by atoms with Crippen LogP contribution in [0.25, 0.3) is 0 Å². The van der Waals surface area contributed by atoms with Gasteiger partial charge < -0.3 is 15.5 Å². The zero-order chi connectivity index (χ0) is 15.8. The van der Waals surface area contributed by atoms with Crippen molar-refractivity contribution in [2.75, 3.05) is 33.2 Å². The van der Waals surface area contributed by atoms with Crippen molar-refractivity contribution in [3.05, 3.63) is 35.6 Å². The summed E-state index contributed by atoms with van der Waals surface area (Å²) in [7, 11) is 1.74. The third kappa shape index (κ3) is 6.63. The van der Waals surface area contributed by atoms with Crippen LogP contribution in [0.2, 0.25) is 0 Å². The molecule has 0 aliphatic carbocycles. The van der Waals surface area contributed by atoms with Gasteiger partial charge in [0.1, 0.15) is 5.82 Å². The van der Waals surface area contributed by atoms with E-state index in [0.29, 0.717) is 18.0 Å². The van der Waals surface area contributed by atoms with Crippen molar-refractivity contribution in [3.63, 3.8) is 0 Å². The van der Waals surface area contributed by atoms with E-state index in [4.69, 9.17) is 0 Å². The van der Waals surface area contributed by atoms with Gasteiger partial charge in [0.25, 0.3) is 0 Å². The van der Waals surface area contributed by atoms with Gasteiger partial charge in [0.15, 0.2) is 5.96 Å². The van der Waals surface area contributed by atoms with Gasteiger partial charge in [-0.1, -0.05) is 25.1 Å². The number of guanidine groups is 1. The van der Waals surface area contributed by atoms with Crippen LogP contribution in [0.15, 0.2) is 29.3 Å². The lowest BCUT2D eigenvalue weighted by atomic mass is 10.1. The molecule has 1 aliphatic rings. The molecule has 23 heavy (non-hydrogen) atoms. The Kier molecular flexibility index (Phi) is 9.47. The van der Waals surface area contributed by atoms with Gasteiger partial charge in [0, 0.05) is 32.2 Å². The number of aliphatic imine (C=N–C) groups is 1. The Balaban J connectivity index is 0.00000264. The normalized spacial score (nSPS) is 18.6. The van der Waals surface area contributed by atoms with E-state index in [1.165, 1.54) is 32.0 Å². The van der Waals surface area contributed by atoms with E-state index in [2.05, 4.69) is 27.4 Å². The third-order valence-corrected chi connectivity index (χ3v) is 4.10. The summed E-state index contributed by atoms with van der Waals surface area (Å²) in [5.41, 5.74) is 0.653. The first-order valence-corrected chi connectivity index (χ1v) is 8.13.